The highest BCUT2D eigenvalue weighted by molar-refractivity contribution is 7.12. The number of rotatable bonds is 3. The summed E-state index contributed by atoms with van der Waals surface area (Å²) in [7, 11) is 0. The van der Waals surface area contributed by atoms with Crippen LogP contribution < -0.4 is 5.32 Å². The number of amidine groups is 1. The van der Waals surface area contributed by atoms with E-state index < -0.39 is 17.8 Å². The number of alkyl halides is 3. The minimum atomic E-state index is -4.60. The van der Waals surface area contributed by atoms with Gasteiger partial charge in [0.1, 0.15) is 12.4 Å². The first-order valence-corrected chi connectivity index (χ1v) is 7.90. The van der Waals surface area contributed by atoms with Crippen LogP contribution in [0.5, 0.6) is 0 Å². The lowest BCUT2D eigenvalue weighted by Gasteiger charge is -2.15. The number of hydrogen-bond donors (Lipinski definition) is 2. The summed E-state index contributed by atoms with van der Waals surface area (Å²) in [6.07, 6.45) is -4.34. The second kappa shape index (κ2) is 6.36. The van der Waals surface area contributed by atoms with Crippen LogP contribution in [0.15, 0.2) is 17.5 Å². The first-order valence-electron chi connectivity index (χ1n) is 7.02. The third-order valence-electron chi connectivity index (χ3n) is 3.49. The maximum absolute atomic E-state index is 13.1. The Bertz CT molecular complexity index is 768. The fourth-order valence-corrected chi connectivity index (χ4v) is 3.09. The minimum absolute atomic E-state index is 0.0186. The van der Waals surface area contributed by atoms with Gasteiger partial charge in [0.25, 0.3) is 0 Å². The SMILES string of the molecule is N=C(NC(=O)Cn1nc(C(F)(F)F)c2c1CCOC2)c1cccs1. The summed E-state index contributed by atoms with van der Waals surface area (Å²) in [6, 6.07) is 3.41. The Morgan fingerprint density at radius 2 is 2.29 bits per heavy atom. The average molecular weight is 358 g/mol. The summed E-state index contributed by atoms with van der Waals surface area (Å²) in [5.74, 6) is -0.686. The zero-order valence-electron chi connectivity index (χ0n) is 12.3. The average Bonchev–Trinajstić information content (AvgIpc) is 3.15. The van der Waals surface area contributed by atoms with Gasteiger partial charge in [0.05, 0.1) is 18.1 Å². The standard InChI is InChI=1S/C14H13F3N4O2S/c15-14(16,17)12-8-7-23-4-3-9(8)21(20-12)6-11(22)19-13(18)10-2-1-5-24-10/h1-2,5H,3-4,6-7H2,(H2,18,19,22). The number of fused-ring (bicyclic) bond motifs is 1. The lowest BCUT2D eigenvalue weighted by Crippen LogP contribution is -2.33. The van der Waals surface area contributed by atoms with Crippen molar-refractivity contribution in [3.63, 3.8) is 0 Å². The number of nitrogens with one attached hydrogen (secondary N) is 2. The molecular formula is C14H13F3N4O2S. The number of thiophene rings is 1. The summed E-state index contributed by atoms with van der Waals surface area (Å²) < 4.78 is 45.3. The van der Waals surface area contributed by atoms with Crippen LogP contribution in [-0.2, 0) is 35.3 Å². The number of carbonyl (C=O) groups is 1. The number of halogens is 3. The predicted molar refractivity (Wildman–Crippen MR) is 79.9 cm³/mol. The van der Waals surface area contributed by atoms with Gasteiger partial charge in [-0.1, -0.05) is 6.07 Å². The first kappa shape index (κ1) is 16.7. The van der Waals surface area contributed by atoms with Crippen molar-refractivity contribution in [1.29, 1.82) is 5.41 Å². The molecule has 1 amide bonds. The van der Waals surface area contributed by atoms with E-state index in [1.54, 1.807) is 17.5 Å². The molecule has 24 heavy (non-hydrogen) atoms. The fourth-order valence-electron chi connectivity index (χ4n) is 2.46. The van der Waals surface area contributed by atoms with Crippen molar-refractivity contribution in [3.8, 4) is 0 Å². The molecule has 3 rings (SSSR count). The molecule has 0 aliphatic carbocycles. The molecule has 0 atom stereocenters. The van der Waals surface area contributed by atoms with Crippen LogP contribution in [0.25, 0.3) is 0 Å². The second-order valence-electron chi connectivity index (χ2n) is 5.13. The molecule has 3 heterocycles. The molecule has 10 heteroatoms. The van der Waals surface area contributed by atoms with Crippen molar-refractivity contribution in [3.05, 3.63) is 39.3 Å². The normalized spacial score (nSPS) is 14.3. The Labute approximate surface area is 138 Å². The van der Waals surface area contributed by atoms with Crippen LogP contribution in [0, 0.1) is 5.41 Å². The lowest BCUT2D eigenvalue weighted by molar-refractivity contribution is -0.143. The Morgan fingerprint density at radius 1 is 1.50 bits per heavy atom. The van der Waals surface area contributed by atoms with Crippen molar-refractivity contribution in [2.24, 2.45) is 0 Å². The van der Waals surface area contributed by atoms with E-state index in [1.165, 1.54) is 11.3 Å². The van der Waals surface area contributed by atoms with Crippen molar-refractivity contribution < 1.29 is 22.7 Å². The van der Waals surface area contributed by atoms with Crippen LogP contribution in [-0.4, -0.2) is 28.1 Å². The van der Waals surface area contributed by atoms with Gasteiger partial charge in [0.2, 0.25) is 5.91 Å². The van der Waals surface area contributed by atoms with Crippen molar-refractivity contribution >= 4 is 23.1 Å². The largest absolute Gasteiger partial charge is 0.435 e. The van der Waals surface area contributed by atoms with Gasteiger partial charge in [-0.25, -0.2) is 0 Å². The number of carbonyl (C=O) groups excluding carboxylic acids is 1. The minimum Gasteiger partial charge on any atom is -0.376 e. The van der Waals surface area contributed by atoms with Crippen molar-refractivity contribution in [2.75, 3.05) is 6.61 Å². The first-order chi connectivity index (χ1) is 11.4. The van der Waals surface area contributed by atoms with Gasteiger partial charge in [-0.3, -0.25) is 14.9 Å². The molecule has 2 N–H and O–H groups in total. The highest BCUT2D eigenvalue weighted by Crippen LogP contribution is 2.34. The maximum atomic E-state index is 13.1. The van der Waals surface area contributed by atoms with Crippen LogP contribution in [0.4, 0.5) is 13.2 Å². The Balaban J connectivity index is 1.78. The van der Waals surface area contributed by atoms with Gasteiger partial charge in [-0.15, -0.1) is 11.3 Å². The smallest absolute Gasteiger partial charge is 0.376 e. The third kappa shape index (κ3) is 3.34. The Kier molecular flexibility index (Phi) is 4.41. The number of amides is 1. The fraction of sp³-hybridized carbons (Fsp3) is 0.357. The van der Waals surface area contributed by atoms with E-state index >= 15 is 0 Å². The van der Waals surface area contributed by atoms with Crippen molar-refractivity contribution in [1.82, 2.24) is 15.1 Å². The summed E-state index contributed by atoms with van der Waals surface area (Å²) in [5.41, 5.74) is -0.681. The molecule has 0 aromatic carbocycles. The Hall–Kier alpha value is -2.20. The molecule has 128 valence electrons. The maximum Gasteiger partial charge on any atom is 0.435 e. The highest BCUT2D eigenvalue weighted by atomic mass is 32.1. The summed E-state index contributed by atoms with van der Waals surface area (Å²) in [4.78, 5) is 12.6. The number of aromatic nitrogens is 2. The summed E-state index contributed by atoms with van der Waals surface area (Å²) in [5, 5.41) is 15.5. The number of ether oxygens (including phenoxy) is 1. The zero-order chi connectivity index (χ0) is 17.3. The van der Waals surface area contributed by atoms with E-state index in [-0.39, 0.29) is 37.6 Å². The van der Waals surface area contributed by atoms with Crippen LogP contribution in [0.3, 0.4) is 0 Å². The summed E-state index contributed by atoms with van der Waals surface area (Å²) >= 11 is 1.28. The van der Waals surface area contributed by atoms with Crippen LogP contribution in [0.2, 0.25) is 0 Å². The molecule has 0 bridgehead atoms. The summed E-state index contributed by atoms with van der Waals surface area (Å²) in [6.45, 7) is -0.272. The molecule has 1 aliphatic rings. The Morgan fingerprint density at radius 3 is 2.96 bits per heavy atom. The van der Waals surface area contributed by atoms with Gasteiger partial charge >= 0.3 is 6.18 Å². The van der Waals surface area contributed by atoms with Gasteiger partial charge in [0, 0.05) is 17.7 Å². The van der Waals surface area contributed by atoms with Crippen molar-refractivity contribution in [2.45, 2.75) is 25.7 Å². The van der Waals surface area contributed by atoms with Gasteiger partial charge in [0.15, 0.2) is 5.69 Å². The van der Waals surface area contributed by atoms with Gasteiger partial charge in [-0.2, -0.15) is 18.3 Å². The number of hydrogen-bond acceptors (Lipinski definition) is 5. The molecule has 0 saturated heterocycles. The van der Waals surface area contributed by atoms with Gasteiger partial charge < -0.3 is 10.1 Å². The van der Waals surface area contributed by atoms with E-state index in [0.717, 1.165) is 4.68 Å². The molecular weight excluding hydrogens is 345 g/mol. The van der Waals surface area contributed by atoms with E-state index in [2.05, 4.69) is 10.4 Å². The van der Waals surface area contributed by atoms with E-state index in [4.69, 9.17) is 10.1 Å². The molecule has 0 spiro atoms. The molecule has 1 aliphatic heterocycles. The van der Waals surface area contributed by atoms with Crippen LogP contribution >= 0.6 is 11.3 Å². The lowest BCUT2D eigenvalue weighted by atomic mass is 10.1. The third-order valence-corrected chi connectivity index (χ3v) is 4.38. The topological polar surface area (TPSA) is 80.0 Å². The van der Waals surface area contributed by atoms with E-state index in [9.17, 15) is 18.0 Å². The zero-order valence-corrected chi connectivity index (χ0v) is 13.1. The molecule has 6 nitrogen and oxygen atoms in total. The highest BCUT2D eigenvalue weighted by Gasteiger charge is 2.40. The molecule has 0 fully saturated rings. The monoisotopic (exact) mass is 358 g/mol. The predicted octanol–water partition coefficient (Wildman–Crippen LogP) is 2.18. The molecule has 0 saturated carbocycles. The van der Waals surface area contributed by atoms with Gasteiger partial charge in [-0.05, 0) is 11.4 Å². The quantitative estimate of drug-likeness (QED) is 0.652. The van der Waals surface area contributed by atoms with Crippen LogP contribution in [0.1, 0.15) is 21.8 Å². The van der Waals surface area contributed by atoms with E-state index in [0.29, 0.717) is 10.6 Å². The molecule has 0 radical (unpaired) electrons. The number of nitrogens with zero attached hydrogens (tertiary/aromatic N) is 2. The second-order valence-corrected chi connectivity index (χ2v) is 6.08. The van der Waals surface area contributed by atoms with E-state index in [1.807, 2.05) is 0 Å². The molecule has 2 aromatic heterocycles. The molecule has 0 unspecified atom stereocenters. The molecule has 2 aromatic rings.